The van der Waals surface area contributed by atoms with Gasteiger partial charge in [-0.2, -0.15) is 18.4 Å². The van der Waals surface area contributed by atoms with Crippen LogP contribution in [0, 0.1) is 23.0 Å². The highest BCUT2D eigenvalue weighted by Crippen LogP contribution is 2.40. The molecule has 2 aliphatic heterocycles. The molecule has 1 aromatic heterocycles. The van der Waals surface area contributed by atoms with Gasteiger partial charge in [0.15, 0.2) is 11.6 Å². The van der Waals surface area contributed by atoms with Crippen LogP contribution in [0.3, 0.4) is 0 Å². The summed E-state index contributed by atoms with van der Waals surface area (Å²) < 4.78 is 73.2. The molecular weight excluding hydrogens is 569 g/mol. The van der Waals surface area contributed by atoms with E-state index in [1.807, 2.05) is 18.0 Å². The van der Waals surface area contributed by atoms with Gasteiger partial charge < -0.3 is 19.9 Å². The molecule has 7 nitrogen and oxygen atoms in total. The Bertz CT molecular complexity index is 1550. The summed E-state index contributed by atoms with van der Waals surface area (Å²) in [6.07, 6.45) is -1.66. The summed E-state index contributed by atoms with van der Waals surface area (Å²) in [5.41, 5.74) is -0.671. The number of ether oxygens (including phenoxy) is 1. The number of amides is 1. The average Bonchev–Trinajstić information content (AvgIpc) is 3.40. The molecule has 1 amide bonds. The fourth-order valence-corrected chi connectivity index (χ4v) is 6.02. The molecule has 43 heavy (non-hydrogen) atoms. The first-order valence-electron chi connectivity index (χ1n) is 13.8. The van der Waals surface area contributed by atoms with Crippen molar-refractivity contribution in [3.8, 4) is 23.1 Å². The maximum atomic E-state index is 14.3. The summed E-state index contributed by atoms with van der Waals surface area (Å²) in [5, 5.41) is 12.8. The van der Waals surface area contributed by atoms with Crippen LogP contribution in [-0.2, 0) is 16.4 Å². The van der Waals surface area contributed by atoms with E-state index in [0.717, 1.165) is 37.2 Å². The van der Waals surface area contributed by atoms with Crippen LogP contribution in [0.15, 0.2) is 48.7 Å². The Morgan fingerprint density at radius 3 is 2.44 bits per heavy atom. The van der Waals surface area contributed by atoms with Crippen molar-refractivity contribution in [3.63, 3.8) is 0 Å². The summed E-state index contributed by atoms with van der Waals surface area (Å²) in [6.45, 7) is 2.14. The molecule has 2 saturated heterocycles. The van der Waals surface area contributed by atoms with Gasteiger partial charge in [-0.05, 0) is 68.8 Å². The molecule has 0 unspecified atom stereocenters. The third-order valence-electron chi connectivity index (χ3n) is 8.37. The highest BCUT2D eigenvalue weighted by atomic mass is 19.4. The van der Waals surface area contributed by atoms with E-state index in [1.54, 1.807) is 12.1 Å². The average molecular weight is 600 g/mol. The number of anilines is 1. The van der Waals surface area contributed by atoms with E-state index >= 15 is 0 Å². The molecule has 12 heteroatoms. The number of likely N-dealkylation sites (N-methyl/N-ethyl adjacent to an activating group) is 1. The first kappa shape index (κ1) is 30.2. The quantitative estimate of drug-likeness (QED) is 0.389. The molecule has 1 N–H and O–H groups in total. The lowest BCUT2D eigenvalue weighted by molar-refractivity contribution is -0.137. The van der Waals surface area contributed by atoms with E-state index in [9.17, 15) is 32.0 Å². The Balaban J connectivity index is 1.46. The number of pyridine rings is 1. The predicted octanol–water partition coefficient (Wildman–Crippen LogP) is 5.28. The van der Waals surface area contributed by atoms with Crippen molar-refractivity contribution in [3.05, 3.63) is 77.0 Å². The molecular formula is C31H30F5N5O2. The van der Waals surface area contributed by atoms with Crippen molar-refractivity contribution in [2.75, 3.05) is 45.2 Å². The van der Waals surface area contributed by atoms with Gasteiger partial charge in [0.1, 0.15) is 11.9 Å². The number of nitrogens with one attached hydrogen (secondary N) is 1. The maximum Gasteiger partial charge on any atom is 0.416 e. The largest absolute Gasteiger partial charge is 0.493 e. The monoisotopic (exact) mass is 599 g/mol. The first-order valence-corrected chi connectivity index (χ1v) is 13.8. The van der Waals surface area contributed by atoms with E-state index in [1.165, 1.54) is 19.4 Å². The SMILES string of the molecule is COc1c(F)cc(F)cc1-c1ccc(C2(C(=O)N[C@@H]3CCN(C)C3)CCN(c3ccc(C(F)(F)F)cc3C#N)CC2)cn1. The Morgan fingerprint density at radius 2 is 1.86 bits per heavy atom. The number of carbonyl (C=O) groups is 1. The number of benzene rings is 2. The molecule has 0 bridgehead atoms. The molecule has 0 radical (unpaired) electrons. The molecule has 2 fully saturated rings. The Kier molecular flexibility index (Phi) is 8.29. The zero-order chi connectivity index (χ0) is 30.9. The summed E-state index contributed by atoms with van der Waals surface area (Å²) in [7, 11) is 3.25. The van der Waals surface area contributed by atoms with Crippen molar-refractivity contribution < 1.29 is 31.5 Å². The number of hydrogen-bond acceptors (Lipinski definition) is 6. The van der Waals surface area contributed by atoms with Gasteiger partial charge >= 0.3 is 6.18 Å². The van der Waals surface area contributed by atoms with Crippen LogP contribution in [0.1, 0.15) is 36.0 Å². The van der Waals surface area contributed by atoms with Gasteiger partial charge in [0.05, 0.1) is 35.0 Å². The molecule has 0 saturated carbocycles. The predicted molar refractivity (Wildman–Crippen MR) is 149 cm³/mol. The van der Waals surface area contributed by atoms with E-state index in [2.05, 4.69) is 15.2 Å². The number of methoxy groups -OCH3 is 1. The van der Waals surface area contributed by atoms with Crippen molar-refractivity contribution in [2.45, 2.75) is 36.9 Å². The molecule has 2 aromatic carbocycles. The minimum absolute atomic E-state index is 0.0423. The number of aromatic nitrogens is 1. The molecule has 3 heterocycles. The first-order chi connectivity index (χ1) is 20.4. The standard InChI is InChI=1S/C31H30F5N5O2/c1-40-10-7-23(18-40)39-29(42)30(21-3-5-26(38-17-21)24-14-22(32)15-25(33)28(24)43-2)8-11-41(12-9-30)27-6-4-20(31(34,35)36)13-19(27)16-37/h3-6,13-15,17,23H,7-12,18H2,1-2H3,(H,39,42)/t23-/m1/s1. The van der Waals surface area contributed by atoms with E-state index in [-0.39, 0.29) is 34.5 Å². The fourth-order valence-electron chi connectivity index (χ4n) is 6.02. The number of carbonyl (C=O) groups excluding carboxylic acids is 1. The lowest BCUT2D eigenvalue weighted by atomic mass is 9.72. The van der Waals surface area contributed by atoms with Gasteiger partial charge in [-0.25, -0.2) is 8.78 Å². The van der Waals surface area contributed by atoms with E-state index in [0.29, 0.717) is 43.7 Å². The van der Waals surface area contributed by atoms with Crippen LogP contribution in [0.2, 0.25) is 0 Å². The van der Waals surface area contributed by atoms with E-state index in [4.69, 9.17) is 4.74 Å². The van der Waals surface area contributed by atoms with Crippen LogP contribution < -0.4 is 15.0 Å². The van der Waals surface area contributed by atoms with Gasteiger partial charge in [-0.1, -0.05) is 6.07 Å². The van der Waals surface area contributed by atoms with Gasteiger partial charge in [-0.3, -0.25) is 9.78 Å². The number of piperidine rings is 1. The molecule has 0 aliphatic carbocycles. The van der Waals surface area contributed by atoms with Gasteiger partial charge in [0.25, 0.3) is 0 Å². The number of halogens is 5. The number of rotatable bonds is 6. The summed E-state index contributed by atoms with van der Waals surface area (Å²) in [4.78, 5) is 22.4. The molecule has 5 rings (SSSR count). The lowest BCUT2D eigenvalue weighted by Gasteiger charge is -2.42. The molecule has 1 atom stereocenters. The Hall–Kier alpha value is -4.24. The smallest absolute Gasteiger partial charge is 0.416 e. The normalized spacial score (nSPS) is 18.7. The van der Waals surface area contributed by atoms with Gasteiger partial charge in [0, 0.05) is 43.5 Å². The molecule has 2 aliphatic rings. The Morgan fingerprint density at radius 1 is 1.12 bits per heavy atom. The number of likely N-dealkylation sites (tertiary alicyclic amines) is 1. The van der Waals surface area contributed by atoms with Crippen LogP contribution in [0.4, 0.5) is 27.6 Å². The topological polar surface area (TPSA) is 81.5 Å². The van der Waals surface area contributed by atoms with Crippen molar-refractivity contribution in [2.24, 2.45) is 0 Å². The highest BCUT2D eigenvalue weighted by molar-refractivity contribution is 5.89. The lowest BCUT2D eigenvalue weighted by Crippen LogP contribution is -2.54. The summed E-state index contributed by atoms with van der Waals surface area (Å²) in [5.74, 6) is -2.00. The number of alkyl halides is 3. The highest BCUT2D eigenvalue weighted by Gasteiger charge is 2.45. The second-order valence-electron chi connectivity index (χ2n) is 11.0. The van der Waals surface area contributed by atoms with Crippen molar-refractivity contribution in [1.29, 1.82) is 5.26 Å². The fraction of sp³-hybridized carbons (Fsp3) is 0.387. The minimum atomic E-state index is -4.58. The molecule has 0 spiro atoms. The summed E-state index contributed by atoms with van der Waals surface area (Å²) in [6, 6.07) is 10.1. The zero-order valence-electron chi connectivity index (χ0n) is 23.6. The van der Waals surface area contributed by atoms with E-state index < -0.39 is 28.8 Å². The second kappa shape index (κ2) is 11.8. The third-order valence-corrected chi connectivity index (χ3v) is 8.37. The minimum Gasteiger partial charge on any atom is -0.493 e. The number of nitrogens with zero attached hydrogens (tertiary/aromatic N) is 4. The Labute approximate surface area is 245 Å². The van der Waals surface area contributed by atoms with Crippen LogP contribution in [-0.4, -0.2) is 62.2 Å². The van der Waals surface area contributed by atoms with Crippen molar-refractivity contribution >= 4 is 11.6 Å². The van der Waals surface area contributed by atoms with Gasteiger partial charge in [0.2, 0.25) is 5.91 Å². The maximum absolute atomic E-state index is 14.3. The van der Waals surface area contributed by atoms with Crippen LogP contribution in [0.5, 0.6) is 5.75 Å². The van der Waals surface area contributed by atoms with Crippen LogP contribution in [0.25, 0.3) is 11.3 Å². The third kappa shape index (κ3) is 5.99. The second-order valence-corrected chi connectivity index (χ2v) is 11.0. The summed E-state index contributed by atoms with van der Waals surface area (Å²) >= 11 is 0. The van der Waals surface area contributed by atoms with Crippen LogP contribution >= 0.6 is 0 Å². The number of nitriles is 1. The molecule has 3 aromatic rings. The zero-order valence-corrected chi connectivity index (χ0v) is 23.6. The number of hydrogen-bond donors (Lipinski definition) is 1. The van der Waals surface area contributed by atoms with Crippen molar-refractivity contribution in [1.82, 2.24) is 15.2 Å². The van der Waals surface area contributed by atoms with Gasteiger partial charge in [-0.15, -0.1) is 0 Å². The molecule has 226 valence electrons.